The van der Waals surface area contributed by atoms with Gasteiger partial charge in [-0.1, -0.05) is 6.07 Å². The summed E-state index contributed by atoms with van der Waals surface area (Å²) in [5.74, 6) is -0.673. The van der Waals surface area contributed by atoms with Gasteiger partial charge in [0.2, 0.25) is 0 Å². The minimum Gasteiger partial charge on any atom is -0.465 e. The van der Waals surface area contributed by atoms with E-state index in [4.69, 9.17) is 0 Å². The van der Waals surface area contributed by atoms with E-state index in [9.17, 15) is 23.3 Å². The summed E-state index contributed by atoms with van der Waals surface area (Å²) in [6.45, 7) is 1.35. The second kappa shape index (κ2) is 6.64. The third-order valence-corrected chi connectivity index (χ3v) is 5.29. The van der Waals surface area contributed by atoms with Crippen LogP contribution < -0.4 is 4.72 Å². The molecule has 0 amide bonds. The SMILES string of the molecule is COC(=O)c1cnn2c(NS(=O)(=O)c3cccc([N+](=O)[O-])c3C)ccnc12. The second-order valence-electron chi connectivity index (χ2n) is 5.38. The first-order valence-corrected chi connectivity index (χ1v) is 8.92. The fourth-order valence-electron chi connectivity index (χ4n) is 2.51. The summed E-state index contributed by atoms with van der Waals surface area (Å²) in [7, 11) is -2.97. The van der Waals surface area contributed by atoms with Crippen LogP contribution in [0.15, 0.2) is 41.6 Å². The number of carbonyl (C=O) groups is 1. The number of nitrogens with zero attached hydrogens (tertiary/aromatic N) is 4. The third kappa shape index (κ3) is 3.17. The molecule has 0 radical (unpaired) electrons. The van der Waals surface area contributed by atoms with Crippen molar-refractivity contribution in [2.75, 3.05) is 11.8 Å². The van der Waals surface area contributed by atoms with E-state index in [2.05, 4.69) is 19.5 Å². The van der Waals surface area contributed by atoms with Crippen molar-refractivity contribution in [3.63, 3.8) is 0 Å². The molecule has 0 unspecified atom stereocenters. The number of hydrogen-bond donors (Lipinski definition) is 1. The van der Waals surface area contributed by atoms with E-state index in [1.54, 1.807) is 0 Å². The Balaban J connectivity index is 2.08. The molecular weight excluding hydrogens is 378 g/mol. The maximum absolute atomic E-state index is 12.8. The van der Waals surface area contributed by atoms with Crippen LogP contribution in [0.4, 0.5) is 11.5 Å². The van der Waals surface area contributed by atoms with E-state index in [0.29, 0.717) is 0 Å². The first kappa shape index (κ1) is 18.3. The zero-order chi connectivity index (χ0) is 19.8. The van der Waals surface area contributed by atoms with Gasteiger partial charge in [-0.15, -0.1) is 0 Å². The molecule has 0 aliphatic heterocycles. The fraction of sp³-hybridized carbons (Fsp3) is 0.133. The van der Waals surface area contributed by atoms with Gasteiger partial charge in [-0.05, 0) is 19.1 Å². The van der Waals surface area contributed by atoms with Gasteiger partial charge in [0.25, 0.3) is 15.7 Å². The molecule has 3 rings (SSSR count). The summed E-state index contributed by atoms with van der Waals surface area (Å²) in [4.78, 5) is 25.9. The number of aromatic nitrogens is 3. The van der Waals surface area contributed by atoms with E-state index in [0.717, 1.165) is 4.52 Å². The number of anilines is 1. The van der Waals surface area contributed by atoms with Crippen molar-refractivity contribution in [3.8, 4) is 0 Å². The van der Waals surface area contributed by atoms with Gasteiger partial charge in [-0.2, -0.15) is 9.61 Å². The molecule has 12 heteroatoms. The minimum atomic E-state index is -4.17. The highest BCUT2D eigenvalue weighted by molar-refractivity contribution is 7.92. The van der Waals surface area contributed by atoms with Crippen molar-refractivity contribution in [1.82, 2.24) is 14.6 Å². The van der Waals surface area contributed by atoms with Crippen molar-refractivity contribution in [1.29, 1.82) is 0 Å². The molecule has 0 saturated carbocycles. The van der Waals surface area contributed by atoms with E-state index in [1.165, 1.54) is 50.7 Å². The number of methoxy groups -OCH3 is 1. The Morgan fingerprint density at radius 3 is 2.74 bits per heavy atom. The van der Waals surface area contributed by atoms with Gasteiger partial charge in [0.15, 0.2) is 5.65 Å². The van der Waals surface area contributed by atoms with Gasteiger partial charge >= 0.3 is 5.97 Å². The lowest BCUT2D eigenvalue weighted by Gasteiger charge is -2.11. The number of fused-ring (bicyclic) bond motifs is 1. The monoisotopic (exact) mass is 391 g/mol. The summed E-state index contributed by atoms with van der Waals surface area (Å²) in [6.07, 6.45) is 2.49. The number of nitro benzene ring substituents is 1. The predicted molar refractivity (Wildman–Crippen MR) is 93.0 cm³/mol. The van der Waals surface area contributed by atoms with Crippen molar-refractivity contribution in [3.05, 3.63) is 57.9 Å². The number of rotatable bonds is 5. The van der Waals surface area contributed by atoms with Gasteiger partial charge in [0.1, 0.15) is 11.4 Å². The lowest BCUT2D eigenvalue weighted by Crippen LogP contribution is -2.17. The van der Waals surface area contributed by atoms with Crippen molar-refractivity contribution >= 4 is 33.1 Å². The summed E-state index contributed by atoms with van der Waals surface area (Å²) in [5, 5.41) is 15.0. The Kier molecular flexibility index (Phi) is 4.49. The number of esters is 1. The molecule has 27 heavy (non-hydrogen) atoms. The fourth-order valence-corrected chi connectivity index (χ4v) is 3.81. The Morgan fingerprint density at radius 2 is 2.07 bits per heavy atom. The Morgan fingerprint density at radius 1 is 1.33 bits per heavy atom. The van der Waals surface area contributed by atoms with Gasteiger partial charge in [0.05, 0.1) is 23.1 Å². The molecule has 2 aromatic heterocycles. The third-order valence-electron chi connectivity index (χ3n) is 3.79. The van der Waals surface area contributed by atoms with E-state index in [1.807, 2.05) is 0 Å². The molecule has 3 aromatic rings. The number of nitrogens with one attached hydrogen (secondary N) is 1. The van der Waals surface area contributed by atoms with Crippen LogP contribution in [0.25, 0.3) is 5.65 Å². The maximum Gasteiger partial charge on any atom is 0.343 e. The van der Waals surface area contributed by atoms with Crippen LogP contribution in [-0.4, -0.2) is 41.0 Å². The van der Waals surface area contributed by atoms with Crippen LogP contribution in [0.1, 0.15) is 15.9 Å². The quantitative estimate of drug-likeness (QED) is 0.391. The van der Waals surface area contributed by atoms with Crippen molar-refractivity contribution in [2.45, 2.75) is 11.8 Å². The zero-order valence-corrected chi connectivity index (χ0v) is 14.9. The lowest BCUT2D eigenvalue weighted by atomic mass is 10.2. The summed E-state index contributed by atoms with van der Waals surface area (Å²) in [5.41, 5.74) is -0.163. The largest absolute Gasteiger partial charge is 0.465 e. The molecule has 0 aliphatic carbocycles. The average molecular weight is 391 g/mol. The zero-order valence-electron chi connectivity index (χ0n) is 14.1. The highest BCUT2D eigenvalue weighted by Crippen LogP contribution is 2.26. The first-order valence-electron chi connectivity index (χ1n) is 7.44. The number of benzene rings is 1. The van der Waals surface area contributed by atoms with Crippen LogP contribution >= 0.6 is 0 Å². The lowest BCUT2D eigenvalue weighted by molar-refractivity contribution is -0.385. The number of hydrogen-bond acceptors (Lipinski definition) is 8. The van der Waals surface area contributed by atoms with Crippen LogP contribution in [0.2, 0.25) is 0 Å². The molecule has 2 heterocycles. The van der Waals surface area contributed by atoms with Crippen LogP contribution in [-0.2, 0) is 14.8 Å². The number of sulfonamides is 1. The average Bonchev–Trinajstić information content (AvgIpc) is 3.05. The standard InChI is InChI=1S/C15H13N5O6S/c1-9-11(20(22)23)4-3-5-12(9)27(24,25)18-13-6-7-16-14-10(15(21)26-2)8-17-19(13)14/h3-8,18H,1-2H3. The first-order chi connectivity index (χ1) is 12.8. The van der Waals surface area contributed by atoms with Crippen molar-refractivity contribution < 1.29 is 22.9 Å². The van der Waals surface area contributed by atoms with E-state index in [-0.39, 0.29) is 33.2 Å². The van der Waals surface area contributed by atoms with Crippen LogP contribution in [0.3, 0.4) is 0 Å². The topological polar surface area (TPSA) is 146 Å². The normalized spacial score (nSPS) is 11.3. The van der Waals surface area contributed by atoms with Gasteiger partial charge in [0, 0.05) is 17.8 Å². The van der Waals surface area contributed by atoms with Gasteiger partial charge in [-0.25, -0.2) is 18.2 Å². The van der Waals surface area contributed by atoms with Gasteiger partial charge < -0.3 is 4.74 Å². The second-order valence-corrected chi connectivity index (χ2v) is 7.03. The Bertz CT molecular complexity index is 1170. The molecule has 0 saturated heterocycles. The summed E-state index contributed by atoms with van der Waals surface area (Å²) in [6, 6.07) is 5.09. The molecular formula is C15H13N5O6S. The molecule has 1 N–H and O–H groups in total. The predicted octanol–water partition coefficient (Wildman–Crippen LogP) is 1.53. The molecule has 0 fully saturated rings. The summed E-state index contributed by atoms with van der Waals surface area (Å²) < 4.78 is 33.6. The Hall–Kier alpha value is -3.54. The molecule has 0 bridgehead atoms. The highest BCUT2D eigenvalue weighted by atomic mass is 32.2. The van der Waals surface area contributed by atoms with Crippen LogP contribution in [0, 0.1) is 17.0 Å². The molecule has 0 spiro atoms. The van der Waals surface area contributed by atoms with E-state index >= 15 is 0 Å². The Labute approximate surface area is 152 Å². The number of carbonyl (C=O) groups excluding carboxylic acids is 1. The number of nitro groups is 1. The summed E-state index contributed by atoms with van der Waals surface area (Å²) >= 11 is 0. The minimum absolute atomic E-state index is 0.000981. The molecule has 11 nitrogen and oxygen atoms in total. The molecule has 0 atom stereocenters. The number of ether oxygens (including phenoxy) is 1. The van der Waals surface area contributed by atoms with E-state index < -0.39 is 20.9 Å². The van der Waals surface area contributed by atoms with Crippen LogP contribution in [0.5, 0.6) is 0 Å². The maximum atomic E-state index is 12.8. The van der Waals surface area contributed by atoms with Gasteiger partial charge in [-0.3, -0.25) is 14.8 Å². The molecule has 0 aliphatic rings. The highest BCUT2D eigenvalue weighted by Gasteiger charge is 2.24. The molecule has 1 aromatic carbocycles. The molecule has 140 valence electrons. The smallest absolute Gasteiger partial charge is 0.343 e. The van der Waals surface area contributed by atoms with Crippen molar-refractivity contribution in [2.24, 2.45) is 0 Å².